The SMILES string of the molecule is COCCC(C)C(O)c1ccc(N)cc1. The van der Waals surface area contributed by atoms with E-state index in [1.54, 1.807) is 7.11 Å². The first kappa shape index (κ1) is 12.0. The highest BCUT2D eigenvalue weighted by atomic mass is 16.5. The lowest BCUT2D eigenvalue weighted by molar-refractivity contribution is 0.0886. The quantitative estimate of drug-likeness (QED) is 0.729. The van der Waals surface area contributed by atoms with Crippen molar-refractivity contribution in [3.63, 3.8) is 0 Å². The highest BCUT2D eigenvalue weighted by molar-refractivity contribution is 5.39. The minimum absolute atomic E-state index is 0.188. The molecule has 15 heavy (non-hydrogen) atoms. The van der Waals surface area contributed by atoms with Gasteiger partial charge in [-0.05, 0) is 30.0 Å². The first-order chi connectivity index (χ1) is 7.15. The molecule has 2 atom stereocenters. The Hall–Kier alpha value is -1.06. The van der Waals surface area contributed by atoms with Gasteiger partial charge in [-0.2, -0.15) is 0 Å². The average Bonchev–Trinajstić information content (AvgIpc) is 2.26. The molecule has 84 valence electrons. The summed E-state index contributed by atoms with van der Waals surface area (Å²) in [7, 11) is 1.67. The van der Waals surface area contributed by atoms with E-state index in [4.69, 9.17) is 10.5 Å². The highest BCUT2D eigenvalue weighted by Gasteiger charge is 2.15. The molecule has 0 amide bonds. The summed E-state index contributed by atoms with van der Waals surface area (Å²) in [6.07, 6.45) is 0.405. The molecular formula is C12H19NO2. The summed E-state index contributed by atoms with van der Waals surface area (Å²) in [6, 6.07) is 7.34. The van der Waals surface area contributed by atoms with E-state index in [2.05, 4.69) is 0 Å². The van der Waals surface area contributed by atoms with E-state index < -0.39 is 6.10 Å². The van der Waals surface area contributed by atoms with E-state index in [9.17, 15) is 5.11 Å². The molecule has 3 heteroatoms. The zero-order valence-electron chi connectivity index (χ0n) is 9.31. The van der Waals surface area contributed by atoms with Crippen molar-refractivity contribution in [1.82, 2.24) is 0 Å². The highest BCUT2D eigenvalue weighted by Crippen LogP contribution is 2.24. The molecule has 0 aliphatic heterocycles. The maximum absolute atomic E-state index is 10.0. The monoisotopic (exact) mass is 209 g/mol. The van der Waals surface area contributed by atoms with Gasteiger partial charge >= 0.3 is 0 Å². The number of nitrogen functional groups attached to an aromatic ring is 1. The molecule has 1 aromatic carbocycles. The third-order valence-electron chi connectivity index (χ3n) is 2.59. The molecule has 0 bridgehead atoms. The van der Waals surface area contributed by atoms with Crippen LogP contribution in [0.15, 0.2) is 24.3 Å². The Kier molecular flexibility index (Phi) is 4.59. The third kappa shape index (κ3) is 3.53. The van der Waals surface area contributed by atoms with Crippen LogP contribution < -0.4 is 5.73 Å². The van der Waals surface area contributed by atoms with Crippen LogP contribution in [0, 0.1) is 5.92 Å². The number of hydrogen-bond donors (Lipinski definition) is 2. The molecule has 0 aromatic heterocycles. The van der Waals surface area contributed by atoms with Gasteiger partial charge in [0.25, 0.3) is 0 Å². The molecule has 0 radical (unpaired) electrons. The zero-order valence-corrected chi connectivity index (χ0v) is 9.31. The lowest BCUT2D eigenvalue weighted by Gasteiger charge is -2.18. The molecule has 0 heterocycles. The summed E-state index contributed by atoms with van der Waals surface area (Å²) >= 11 is 0. The Labute approximate surface area is 90.9 Å². The zero-order chi connectivity index (χ0) is 11.3. The molecule has 0 saturated carbocycles. The van der Waals surface area contributed by atoms with Crippen molar-refractivity contribution < 1.29 is 9.84 Å². The molecule has 0 fully saturated rings. The van der Waals surface area contributed by atoms with Crippen LogP contribution in [0.2, 0.25) is 0 Å². The first-order valence-electron chi connectivity index (χ1n) is 5.17. The summed E-state index contributed by atoms with van der Waals surface area (Å²) in [6.45, 7) is 2.69. The van der Waals surface area contributed by atoms with Crippen LogP contribution in [-0.2, 0) is 4.74 Å². The summed E-state index contributed by atoms with van der Waals surface area (Å²) in [5, 5.41) is 10.0. The fourth-order valence-electron chi connectivity index (χ4n) is 1.48. The van der Waals surface area contributed by atoms with Gasteiger partial charge in [0, 0.05) is 19.4 Å². The van der Waals surface area contributed by atoms with Crippen LogP contribution in [0.25, 0.3) is 0 Å². The maximum atomic E-state index is 10.0. The fourth-order valence-corrected chi connectivity index (χ4v) is 1.48. The van der Waals surface area contributed by atoms with Gasteiger partial charge in [-0.15, -0.1) is 0 Å². The third-order valence-corrected chi connectivity index (χ3v) is 2.59. The number of ether oxygens (including phenoxy) is 1. The van der Waals surface area contributed by atoms with E-state index >= 15 is 0 Å². The predicted molar refractivity (Wildman–Crippen MR) is 61.5 cm³/mol. The van der Waals surface area contributed by atoms with Gasteiger partial charge in [0.1, 0.15) is 0 Å². The van der Waals surface area contributed by atoms with Crippen LogP contribution >= 0.6 is 0 Å². The molecule has 3 nitrogen and oxygen atoms in total. The van der Waals surface area contributed by atoms with Crippen molar-refractivity contribution in [3.05, 3.63) is 29.8 Å². The van der Waals surface area contributed by atoms with Crippen LogP contribution in [0.1, 0.15) is 25.0 Å². The van der Waals surface area contributed by atoms with E-state index in [1.807, 2.05) is 31.2 Å². The van der Waals surface area contributed by atoms with Crippen molar-refractivity contribution >= 4 is 5.69 Å². The molecule has 1 rings (SSSR count). The van der Waals surface area contributed by atoms with Crippen LogP contribution in [0.4, 0.5) is 5.69 Å². The van der Waals surface area contributed by atoms with Gasteiger partial charge < -0.3 is 15.6 Å². The van der Waals surface area contributed by atoms with Crippen molar-refractivity contribution in [1.29, 1.82) is 0 Å². The Bertz CT molecular complexity index is 284. The van der Waals surface area contributed by atoms with E-state index in [1.165, 1.54) is 0 Å². The lowest BCUT2D eigenvalue weighted by Crippen LogP contribution is -2.11. The van der Waals surface area contributed by atoms with Crippen LogP contribution in [0.3, 0.4) is 0 Å². The summed E-state index contributed by atoms with van der Waals surface area (Å²) in [5.74, 6) is 0.188. The number of methoxy groups -OCH3 is 1. The Morgan fingerprint density at radius 2 is 1.93 bits per heavy atom. The summed E-state index contributed by atoms with van der Waals surface area (Å²) in [5.41, 5.74) is 7.21. The number of anilines is 1. The minimum Gasteiger partial charge on any atom is -0.399 e. The van der Waals surface area contributed by atoms with Crippen LogP contribution in [0.5, 0.6) is 0 Å². The first-order valence-corrected chi connectivity index (χ1v) is 5.17. The normalized spacial score (nSPS) is 14.9. The number of benzene rings is 1. The predicted octanol–water partition coefficient (Wildman–Crippen LogP) is 1.97. The second-order valence-corrected chi connectivity index (χ2v) is 3.87. The number of rotatable bonds is 5. The van der Waals surface area contributed by atoms with Gasteiger partial charge in [0.15, 0.2) is 0 Å². The average molecular weight is 209 g/mol. The molecule has 3 N–H and O–H groups in total. The molecule has 2 unspecified atom stereocenters. The molecule has 0 spiro atoms. The maximum Gasteiger partial charge on any atom is 0.0816 e. The second-order valence-electron chi connectivity index (χ2n) is 3.87. The smallest absolute Gasteiger partial charge is 0.0816 e. The van der Waals surface area contributed by atoms with Gasteiger partial charge in [-0.25, -0.2) is 0 Å². The van der Waals surface area contributed by atoms with Gasteiger partial charge in [-0.1, -0.05) is 19.1 Å². The van der Waals surface area contributed by atoms with Crippen molar-refractivity contribution in [2.24, 2.45) is 5.92 Å². The Morgan fingerprint density at radius 3 is 2.47 bits per heavy atom. The number of aliphatic hydroxyl groups is 1. The number of nitrogens with two attached hydrogens (primary N) is 1. The molecule has 1 aromatic rings. The summed E-state index contributed by atoms with van der Waals surface area (Å²) < 4.78 is 4.99. The Balaban J connectivity index is 2.59. The minimum atomic E-state index is -0.444. The molecular weight excluding hydrogens is 190 g/mol. The topological polar surface area (TPSA) is 55.5 Å². The van der Waals surface area contributed by atoms with Gasteiger partial charge in [0.2, 0.25) is 0 Å². The van der Waals surface area contributed by atoms with Crippen LogP contribution in [-0.4, -0.2) is 18.8 Å². The van der Waals surface area contributed by atoms with E-state index in [0.717, 1.165) is 17.7 Å². The van der Waals surface area contributed by atoms with Gasteiger partial charge in [0.05, 0.1) is 6.10 Å². The van der Waals surface area contributed by atoms with Crippen molar-refractivity contribution in [2.45, 2.75) is 19.4 Å². The fraction of sp³-hybridized carbons (Fsp3) is 0.500. The standard InChI is InChI=1S/C12H19NO2/c1-9(7-8-15-2)12(14)10-3-5-11(13)6-4-10/h3-6,9,12,14H,7-8,13H2,1-2H3. The van der Waals surface area contributed by atoms with Gasteiger partial charge in [-0.3, -0.25) is 0 Å². The van der Waals surface area contributed by atoms with E-state index in [-0.39, 0.29) is 5.92 Å². The number of hydrogen-bond acceptors (Lipinski definition) is 3. The van der Waals surface area contributed by atoms with Crippen molar-refractivity contribution in [3.8, 4) is 0 Å². The molecule has 0 aliphatic carbocycles. The number of aliphatic hydroxyl groups excluding tert-OH is 1. The van der Waals surface area contributed by atoms with Crippen molar-refractivity contribution in [2.75, 3.05) is 19.5 Å². The second kappa shape index (κ2) is 5.73. The summed E-state index contributed by atoms with van der Waals surface area (Å²) in [4.78, 5) is 0. The van der Waals surface area contributed by atoms with E-state index in [0.29, 0.717) is 6.61 Å². The Morgan fingerprint density at radius 1 is 1.33 bits per heavy atom. The largest absolute Gasteiger partial charge is 0.399 e. The lowest BCUT2D eigenvalue weighted by atomic mass is 9.95. The molecule has 0 aliphatic rings. The molecule has 0 saturated heterocycles.